The zero-order valence-corrected chi connectivity index (χ0v) is 19.9. The SMILES string of the molecule is CNC(=O)c1cc(Oc2ccc(NC(=O)Nc3ccc(Cl)c(C(F)(F)F)c3)cc2)ccn1.Cl.O.O.O. The van der Waals surface area contributed by atoms with Crippen molar-refractivity contribution in [3.05, 3.63) is 77.1 Å². The van der Waals surface area contributed by atoms with E-state index in [9.17, 15) is 22.8 Å². The molecule has 10 nitrogen and oxygen atoms in total. The summed E-state index contributed by atoms with van der Waals surface area (Å²) in [7, 11) is 1.49. The summed E-state index contributed by atoms with van der Waals surface area (Å²) in [6, 6.07) is 11.6. The largest absolute Gasteiger partial charge is 0.457 e. The van der Waals surface area contributed by atoms with Crippen molar-refractivity contribution < 1.29 is 43.9 Å². The predicted molar refractivity (Wildman–Crippen MR) is 131 cm³/mol. The molecule has 0 aliphatic rings. The molecule has 36 heavy (non-hydrogen) atoms. The van der Waals surface area contributed by atoms with E-state index >= 15 is 0 Å². The number of hydrogen-bond donors (Lipinski definition) is 3. The summed E-state index contributed by atoms with van der Waals surface area (Å²) in [6.07, 6.45) is -3.21. The van der Waals surface area contributed by atoms with Crippen molar-refractivity contribution in [1.82, 2.24) is 10.3 Å². The van der Waals surface area contributed by atoms with Gasteiger partial charge in [-0.15, -0.1) is 12.4 Å². The number of halogens is 5. The van der Waals surface area contributed by atoms with E-state index in [-0.39, 0.29) is 46.1 Å². The molecule has 0 saturated carbocycles. The van der Waals surface area contributed by atoms with Gasteiger partial charge in [-0.2, -0.15) is 13.2 Å². The number of carbonyl (C=O) groups is 2. The predicted octanol–water partition coefficient (Wildman–Crippen LogP) is 3.50. The minimum atomic E-state index is -4.64. The molecule has 3 rings (SSSR count). The Hall–Kier alpha value is -3.62. The number of benzene rings is 2. The van der Waals surface area contributed by atoms with Crippen LogP contribution in [0, 0.1) is 0 Å². The summed E-state index contributed by atoms with van der Waals surface area (Å²) < 4.78 is 44.5. The molecule has 9 N–H and O–H groups in total. The molecule has 1 aromatic heterocycles. The Labute approximate surface area is 214 Å². The van der Waals surface area contributed by atoms with E-state index in [0.717, 1.165) is 12.1 Å². The second kappa shape index (κ2) is 14.7. The maximum atomic E-state index is 12.9. The van der Waals surface area contributed by atoms with Crippen molar-refractivity contribution in [1.29, 1.82) is 0 Å². The molecule has 0 fully saturated rings. The third-order valence-electron chi connectivity index (χ3n) is 4.07. The lowest BCUT2D eigenvalue weighted by Gasteiger charge is -2.12. The van der Waals surface area contributed by atoms with Gasteiger partial charge in [-0.25, -0.2) is 4.79 Å². The first-order valence-corrected chi connectivity index (χ1v) is 9.44. The lowest BCUT2D eigenvalue weighted by atomic mass is 10.2. The summed E-state index contributed by atoms with van der Waals surface area (Å²) in [6.45, 7) is 0. The average Bonchev–Trinajstić information content (AvgIpc) is 2.75. The Bertz CT molecular complexity index is 1150. The molecule has 0 aliphatic carbocycles. The quantitative estimate of drug-likeness (QED) is 0.435. The third-order valence-corrected chi connectivity index (χ3v) is 4.40. The molecule has 0 spiro atoms. The van der Waals surface area contributed by atoms with E-state index < -0.39 is 22.8 Å². The number of anilines is 2. The van der Waals surface area contributed by atoms with E-state index in [1.807, 2.05) is 0 Å². The fraction of sp³-hybridized carbons (Fsp3) is 0.0952. The van der Waals surface area contributed by atoms with Crippen LogP contribution in [0.2, 0.25) is 5.02 Å². The van der Waals surface area contributed by atoms with Gasteiger partial charge in [0.2, 0.25) is 0 Å². The third kappa shape index (κ3) is 9.20. The highest BCUT2D eigenvalue weighted by Crippen LogP contribution is 2.36. The molecule has 15 heteroatoms. The van der Waals surface area contributed by atoms with Gasteiger partial charge in [0.05, 0.1) is 10.6 Å². The maximum Gasteiger partial charge on any atom is 0.417 e. The van der Waals surface area contributed by atoms with Crippen molar-refractivity contribution in [2.24, 2.45) is 0 Å². The van der Waals surface area contributed by atoms with Crippen LogP contribution in [0.1, 0.15) is 16.1 Å². The Morgan fingerprint density at radius 2 is 1.47 bits per heavy atom. The fourth-order valence-electron chi connectivity index (χ4n) is 2.58. The first kappa shape index (κ1) is 34.5. The molecular formula is C21H23Cl2F3N4O6. The lowest BCUT2D eigenvalue weighted by Crippen LogP contribution is -2.19. The summed E-state index contributed by atoms with van der Waals surface area (Å²) in [5, 5.41) is 6.83. The number of hydrogen-bond acceptors (Lipinski definition) is 4. The van der Waals surface area contributed by atoms with Crippen LogP contribution in [0.5, 0.6) is 11.5 Å². The molecular weight excluding hydrogens is 532 g/mol. The Kier molecular flexibility index (Phi) is 14.1. The van der Waals surface area contributed by atoms with Crippen LogP contribution in [0.4, 0.5) is 29.3 Å². The molecule has 1 heterocycles. The second-order valence-electron chi connectivity index (χ2n) is 6.35. The van der Waals surface area contributed by atoms with Crippen molar-refractivity contribution >= 4 is 47.3 Å². The Morgan fingerprint density at radius 1 is 0.889 bits per heavy atom. The van der Waals surface area contributed by atoms with Crippen molar-refractivity contribution in [2.75, 3.05) is 17.7 Å². The van der Waals surface area contributed by atoms with Crippen LogP contribution in [0.15, 0.2) is 60.8 Å². The zero-order chi connectivity index (χ0) is 23.3. The molecule has 0 radical (unpaired) electrons. The van der Waals surface area contributed by atoms with Crippen LogP contribution >= 0.6 is 24.0 Å². The highest BCUT2D eigenvalue weighted by atomic mass is 35.5. The first-order chi connectivity index (χ1) is 15.2. The highest BCUT2D eigenvalue weighted by Gasteiger charge is 2.33. The standard InChI is InChI=1S/C21H16ClF3N4O3.ClH.3H2O/c1-26-19(30)18-11-15(8-9-27-18)32-14-5-2-12(3-6-14)28-20(31)29-13-4-7-17(22)16(10-13)21(23,24)25;;;;/h2-11H,1H3,(H,26,30)(H2,28,29,31);1H;3*1H2. The van der Waals surface area contributed by atoms with Gasteiger partial charge in [-0.3, -0.25) is 9.78 Å². The summed E-state index contributed by atoms with van der Waals surface area (Å²) in [5.41, 5.74) is -0.547. The summed E-state index contributed by atoms with van der Waals surface area (Å²) >= 11 is 5.57. The highest BCUT2D eigenvalue weighted by molar-refractivity contribution is 6.31. The number of rotatable bonds is 5. The number of pyridine rings is 1. The monoisotopic (exact) mass is 554 g/mol. The molecule has 0 bridgehead atoms. The zero-order valence-electron chi connectivity index (χ0n) is 18.4. The molecule has 0 saturated heterocycles. The minimum absolute atomic E-state index is 0. The van der Waals surface area contributed by atoms with Gasteiger partial charge >= 0.3 is 12.2 Å². The molecule has 3 amide bonds. The van der Waals surface area contributed by atoms with Gasteiger partial charge in [-0.05, 0) is 48.5 Å². The van der Waals surface area contributed by atoms with E-state index in [2.05, 4.69) is 20.9 Å². The Morgan fingerprint density at radius 3 is 2.06 bits per heavy atom. The van der Waals surface area contributed by atoms with E-state index in [0.29, 0.717) is 17.2 Å². The number of nitrogens with zero attached hydrogens (tertiary/aromatic N) is 1. The Balaban J connectivity index is 0. The number of alkyl halides is 3. The number of amides is 3. The number of urea groups is 1. The van der Waals surface area contributed by atoms with Gasteiger partial charge in [0.25, 0.3) is 5.91 Å². The number of carbonyl (C=O) groups excluding carboxylic acids is 2. The maximum absolute atomic E-state index is 12.9. The second-order valence-corrected chi connectivity index (χ2v) is 6.76. The van der Waals surface area contributed by atoms with Crippen molar-refractivity contribution in [3.63, 3.8) is 0 Å². The molecule has 0 atom stereocenters. The number of nitrogens with one attached hydrogen (secondary N) is 3. The molecule has 198 valence electrons. The van der Waals surface area contributed by atoms with Crippen molar-refractivity contribution in [2.45, 2.75) is 6.18 Å². The first-order valence-electron chi connectivity index (χ1n) is 9.06. The van der Waals surface area contributed by atoms with Gasteiger partial charge in [0.1, 0.15) is 17.2 Å². The van der Waals surface area contributed by atoms with Gasteiger partial charge < -0.3 is 37.1 Å². The molecule has 0 aliphatic heterocycles. The normalized spacial score (nSPS) is 9.69. The van der Waals surface area contributed by atoms with Crippen LogP contribution in [-0.4, -0.2) is 40.4 Å². The molecule has 3 aromatic rings. The lowest BCUT2D eigenvalue weighted by molar-refractivity contribution is -0.137. The van der Waals surface area contributed by atoms with Gasteiger partial charge in [-0.1, -0.05) is 11.6 Å². The smallest absolute Gasteiger partial charge is 0.417 e. The van der Waals surface area contributed by atoms with E-state index in [1.165, 1.54) is 25.4 Å². The van der Waals surface area contributed by atoms with E-state index in [1.54, 1.807) is 30.3 Å². The summed E-state index contributed by atoms with van der Waals surface area (Å²) in [4.78, 5) is 27.7. The number of ether oxygens (including phenoxy) is 1. The minimum Gasteiger partial charge on any atom is -0.457 e. The van der Waals surface area contributed by atoms with Crippen LogP contribution < -0.4 is 20.7 Å². The van der Waals surface area contributed by atoms with Crippen LogP contribution in [0.25, 0.3) is 0 Å². The topological polar surface area (TPSA) is 187 Å². The summed E-state index contributed by atoms with van der Waals surface area (Å²) in [5.74, 6) is 0.460. The number of aromatic nitrogens is 1. The average molecular weight is 555 g/mol. The van der Waals surface area contributed by atoms with E-state index in [4.69, 9.17) is 16.3 Å². The van der Waals surface area contributed by atoms with Gasteiger partial charge in [0.15, 0.2) is 0 Å². The molecule has 2 aromatic carbocycles. The van der Waals surface area contributed by atoms with Crippen LogP contribution in [0.3, 0.4) is 0 Å². The van der Waals surface area contributed by atoms with Gasteiger partial charge in [0, 0.05) is 30.7 Å². The fourth-order valence-corrected chi connectivity index (χ4v) is 2.81. The van der Waals surface area contributed by atoms with Crippen molar-refractivity contribution in [3.8, 4) is 11.5 Å². The molecule has 0 unspecified atom stereocenters. The van der Waals surface area contributed by atoms with Crippen LogP contribution in [-0.2, 0) is 6.18 Å².